The van der Waals surface area contributed by atoms with E-state index in [0.717, 1.165) is 18.1 Å². The van der Waals surface area contributed by atoms with Crippen molar-refractivity contribution in [1.29, 1.82) is 0 Å². The van der Waals surface area contributed by atoms with Gasteiger partial charge in [0.15, 0.2) is 0 Å². The maximum absolute atomic E-state index is 7.17. The minimum Gasteiger partial charge on any atom is -0.402 e. The van der Waals surface area contributed by atoms with Crippen molar-refractivity contribution in [3.63, 3.8) is 0 Å². The summed E-state index contributed by atoms with van der Waals surface area (Å²) in [7, 11) is 11.0. The average Bonchev–Trinajstić information content (AvgIpc) is 2.76. The molecule has 3 fully saturated rings. The van der Waals surface area contributed by atoms with Crippen LogP contribution in [0.5, 0.6) is 0 Å². The Kier molecular flexibility index (Phi) is 19.2. The molecule has 0 aromatic carbocycles. The molecule has 0 spiro atoms. The van der Waals surface area contributed by atoms with Crippen LogP contribution in [0.4, 0.5) is 0 Å². The van der Waals surface area contributed by atoms with Crippen molar-refractivity contribution in [2.75, 3.05) is 42.3 Å². The van der Waals surface area contributed by atoms with E-state index < -0.39 is 7.32 Å². The van der Waals surface area contributed by atoms with Gasteiger partial charge in [-0.25, -0.2) is 0 Å². The Balaban J connectivity index is 0.000000402. The van der Waals surface area contributed by atoms with E-state index in [-0.39, 0.29) is 0 Å². The van der Waals surface area contributed by atoms with Crippen LogP contribution in [0, 0.1) is 0 Å². The summed E-state index contributed by atoms with van der Waals surface area (Å²) in [4.78, 5) is 7.08. The molecular weight excluding hydrogens is 389 g/mol. The lowest BCUT2D eigenvalue weighted by atomic mass is 9.95. The Labute approximate surface area is 194 Å². The summed E-state index contributed by atoms with van der Waals surface area (Å²) >= 11 is 0. The Morgan fingerprint density at radius 3 is 0.677 bits per heavy atom. The Bertz CT molecular complexity index is 325. The molecule has 0 radical (unpaired) electrons. The first-order valence-corrected chi connectivity index (χ1v) is 12.7. The van der Waals surface area contributed by atoms with Crippen molar-refractivity contribution in [2.45, 2.75) is 114 Å². The van der Waals surface area contributed by atoms with Crippen molar-refractivity contribution in [3.05, 3.63) is 0 Å². The zero-order valence-corrected chi connectivity index (χ0v) is 21.6. The lowest BCUT2D eigenvalue weighted by molar-refractivity contribution is 0.229. The lowest BCUT2D eigenvalue weighted by Crippen LogP contribution is -2.29. The summed E-state index contributed by atoms with van der Waals surface area (Å²) in [5.74, 6) is 0. The van der Waals surface area contributed by atoms with Crippen LogP contribution in [0.25, 0.3) is 0 Å². The molecule has 3 aliphatic rings. The fourth-order valence-electron chi connectivity index (χ4n) is 4.79. The molecule has 0 saturated heterocycles. The average molecular weight is 444 g/mol. The molecule has 31 heavy (non-hydrogen) atoms. The molecule has 7 heteroatoms. The maximum atomic E-state index is 7.17. The Morgan fingerprint density at radius 1 is 0.419 bits per heavy atom. The van der Waals surface area contributed by atoms with E-state index in [0.29, 0.717) is 0 Å². The van der Waals surface area contributed by atoms with Crippen molar-refractivity contribution < 1.29 is 15.1 Å². The van der Waals surface area contributed by atoms with Gasteiger partial charge < -0.3 is 29.8 Å². The van der Waals surface area contributed by atoms with E-state index in [1.54, 1.807) is 0 Å². The zero-order chi connectivity index (χ0) is 23.6. The zero-order valence-electron chi connectivity index (χ0n) is 21.6. The van der Waals surface area contributed by atoms with E-state index in [1.807, 2.05) is 0 Å². The van der Waals surface area contributed by atoms with Crippen LogP contribution in [0.1, 0.15) is 96.3 Å². The van der Waals surface area contributed by atoms with Gasteiger partial charge in [0.05, 0.1) is 0 Å². The molecule has 0 bridgehead atoms. The minimum atomic E-state index is -2.17. The number of nitrogens with zero attached hydrogens (tertiary/aromatic N) is 3. The third kappa shape index (κ3) is 18.0. The maximum Gasteiger partial charge on any atom is 0.631 e. The van der Waals surface area contributed by atoms with Crippen molar-refractivity contribution >= 4 is 7.32 Å². The summed E-state index contributed by atoms with van der Waals surface area (Å²) in [6.45, 7) is 0. The molecular formula is C24H54BN3O3. The predicted octanol–water partition coefficient (Wildman–Crippen LogP) is 3.59. The quantitative estimate of drug-likeness (QED) is 0.579. The first-order valence-electron chi connectivity index (χ1n) is 12.7. The third-order valence-electron chi connectivity index (χ3n) is 6.91. The van der Waals surface area contributed by atoms with Crippen molar-refractivity contribution in [2.24, 2.45) is 0 Å². The van der Waals surface area contributed by atoms with Gasteiger partial charge in [-0.3, -0.25) is 0 Å². The highest BCUT2D eigenvalue weighted by atomic mass is 16.5. The number of hydrogen-bond acceptors (Lipinski definition) is 6. The monoisotopic (exact) mass is 443 g/mol. The van der Waals surface area contributed by atoms with Gasteiger partial charge in [0.1, 0.15) is 0 Å². The summed E-state index contributed by atoms with van der Waals surface area (Å²) < 4.78 is 0. The summed E-state index contributed by atoms with van der Waals surface area (Å²) in [5, 5.41) is 21.5. The van der Waals surface area contributed by atoms with Gasteiger partial charge in [-0.15, -0.1) is 0 Å². The first-order chi connectivity index (χ1) is 14.6. The molecule has 3 aliphatic carbocycles. The standard InChI is InChI=1S/3C8H17N.BH3O3/c3*1-9(2)8-6-4-3-5-7-8;2-1(3)4/h3*8H,3-7H2,1-2H3;2-4H. The lowest BCUT2D eigenvalue weighted by Gasteiger charge is -2.27. The van der Waals surface area contributed by atoms with Gasteiger partial charge in [0, 0.05) is 18.1 Å². The molecule has 0 aromatic rings. The fraction of sp³-hybridized carbons (Fsp3) is 1.00. The molecule has 186 valence electrons. The van der Waals surface area contributed by atoms with E-state index in [2.05, 4.69) is 57.0 Å². The SMILES string of the molecule is CN(C)C1CCCCC1.CN(C)C1CCCCC1.CN(C)C1CCCCC1.OB(O)O. The van der Waals surface area contributed by atoms with Gasteiger partial charge in [-0.2, -0.15) is 0 Å². The number of hydrogen-bond donors (Lipinski definition) is 3. The van der Waals surface area contributed by atoms with Gasteiger partial charge in [0.25, 0.3) is 0 Å². The summed E-state index contributed by atoms with van der Waals surface area (Å²) in [6, 6.07) is 2.66. The van der Waals surface area contributed by atoms with Crippen LogP contribution < -0.4 is 0 Å². The van der Waals surface area contributed by atoms with Gasteiger partial charge >= 0.3 is 7.32 Å². The van der Waals surface area contributed by atoms with Crippen LogP contribution in [0.15, 0.2) is 0 Å². The van der Waals surface area contributed by atoms with Gasteiger partial charge in [-0.05, 0) is 80.8 Å². The first kappa shape index (κ1) is 30.8. The van der Waals surface area contributed by atoms with Crippen molar-refractivity contribution in [3.8, 4) is 0 Å². The predicted molar refractivity (Wildman–Crippen MR) is 134 cm³/mol. The third-order valence-corrected chi connectivity index (χ3v) is 6.91. The second-order valence-corrected chi connectivity index (χ2v) is 10.1. The van der Waals surface area contributed by atoms with E-state index in [9.17, 15) is 0 Å². The molecule has 3 rings (SSSR count). The summed E-state index contributed by atoms with van der Waals surface area (Å²) in [6.07, 6.45) is 21.6. The van der Waals surface area contributed by atoms with Gasteiger partial charge in [0.2, 0.25) is 0 Å². The highest BCUT2D eigenvalue weighted by molar-refractivity contribution is 6.30. The second kappa shape index (κ2) is 19.3. The largest absolute Gasteiger partial charge is 0.631 e. The van der Waals surface area contributed by atoms with Crippen LogP contribution in [0.2, 0.25) is 0 Å². The normalized spacial score (nSPS) is 20.9. The molecule has 0 aromatic heterocycles. The molecule has 0 heterocycles. The highest BCUT2D eigenvalue weighted by Crippen LogP contribution is 2.21. The Morgan fingerprint density at radius 2 is 0.581 bits per heavy atom. The molecule has 0 unspecified atom stereocenters. The molecule has 6 nitrogen and oxygen atoms in total. The van der Waals surface area contributed by atoms with E-state index in [4.69, 9.17) is 15.1 Å². The summed E-state index contributed by atoms with van der Waals surface area (Å²) in [5.41, 5.74) is 0. The molecule has 0 amide bonds. The van der Waals surface area contributed by atoms with Crippen LogP contribution in [-0.2, 0) is 0 Å². The van der Waals surface area contributed by atoms with Crippen molar-refractivity contribution in [1.82, 2.24) is 14.7 Å². The number of rotatable bonds is 3. The Hall–Kier alpha value is -0.175. The van der Waals surface area contributed by atoms with E-state index in [1.165, 1.54) is 96.3 Å². The highest BCUT2D eigenvalue weighted by Gasteiger charge is 2.15. The van der Waals surface area contributed by atoms with Crippen LogP contribution in [-0.4, -0.2) is 97.5 Å². The smallest absolute Gasteiger partial charge is 0.402 e. The van der Waals surface area contributed by atoms with Crippen LogP contribution in [0.3, 0.4) is 0 Å². The topological polar surface area (TPSA) is 70.4 Å². The van der Waals surface area contributed by atoms with E-state index >= 15 is 0 Å². The molecule has 0 atom stereocenters. The van der Waals surface area contributed by atoms with Crippen LogP contribution >= 0.6 is 0 Å². The second-order valence-electron chi connectivity index (χ2n) is 10.1. The van der Waals surface area contributed by atoms with Gasteiger partial charge in [-0.1, -0.05) is 57.8 Å². The molecule has 3 N–H and O–H groups in total. The fourth-order valence-corrected chi connectivity index (χ4v) is 4.79. The molecule has 3 saturated carbocycles. The minimum absolute atomic E-state index is 0.888. The molecule has 0 aliphatic heterocycles.